The zero-order valence-corrected chi connectivity index (χ0v) is 25.2. The van der Waals surface area contributed by atoms with Crippen molar-refractivity contribution in [2.75, 3.05) is 6.61 Å². The molecular formula is C37H37FNO2P. The van der Waals surface area contributed by atoms with Gasteiger partial charge in [0.05, 0.1) is 12.3 Å². The summed E-state index contributed by atoms with van der Waals surface area (Å²) in [4.78, 5) is 5.42. The van der Waals surface area contributed by atoms with E-state index in [0.717, 1.165) is 68.4 Å². The van der Waals surface area contributed by atoms with E-state index >= 15 is 4.57 Å². The van der Waals surface area contributed by atoms with Crippen molar-refractivity contribution in [2.24, 2.45) is 0 Å². The number of fused-ring (bicyclic) bond motifs is 1. The first-order valence-electron chi connectivity index (χ1n) is 14.9. The molecule has 1 aromatic heterocycles. The molecule has 1 unspecified atom stereocenters. The number of ether oxygens (including phenoxy) is 1. The number of benzene rings is 2. The zero-order chi connectivity index (χ0) is 29.1. The lowest BCUT2D eigenvalue weighted by Gasteiger charge is -2.27. The molecule has 2 aliphatic carbocycles. The number of hydrogen-bond acceptors (Lipinski definition) is 3. The summed E-state index contributed by atoms with van der Waals surface area (Å²) in [6.45, 7) is 4.65. The van der Waals surface area contributed by atoms with Crippen LogP contribution in [0.1, 0.15) is 68.0 Å². The van der Waals surface area contributed by atoms with Crippen molar-refractivity contribution < 1.29 is 13.7 Å². The molecule has 0 N–H and O–H groups in total. The average molecular weight is 578 g/mol. The standard InChI is InChI=1S/C37H37FNO2P/c1-3-4-16-34-26(2)36-32(23-24-41-34)35(27-19-21-29(38)22-20-27)33(37(39-36)28-17-18-28)25-42(40,31-14-10-7-11-15-31)30-12-8-5-6-9-13-30/h3-12,14-15,19-22,28H,13,16-18,23-25H2,1-2H3/b4-3-. The van der Waals surface area contributed by atoms with E-state index in [1.165, 1.54) is 12.1 Å². The van der Waals surface area contributed by atoms with Crippen LogP contribution < -0.4 is 5.30 Å². The zero-order valence-electron chi connectivity index (χ0n) is 24.4. The van der Waals surface area contributed by atoms with Crippen LogP contribution in [0.25, 0.3) is 16.7 Å². The lowest BCUT2D eigenvalue weighted by Crippen LogP contribution is -2.14. The molecule has 1 aliphatic heterocycles. The Morgan fingerprint density at radius 3 is 2.57 bits per heavy atom. The summed E-state index contributed by atoms with van der Waals surface area (Å²) >= 11 is 0. The van der Waals surface area contributed by atoms with E-state index in [0.29, 0.717) is 37.9 Å². The molecule has 3 aromatic rings. The first kappa shape index (κ1) is 28.4. The third-order valence-corrected chi connectivity index (χ3v) is 11.6. The van der Waals surface area contributed by atoms with Crippen LogP contribution >= 0.6 is 7.14 Å². The quantitative estimate of drug-likeness (QED) is 0.198. The second-order valence-corrected chi connectivity index (χ2v) is 14.2. The Morgan fingerprint density at radius 2 is 1.83 bits per heavy atom. The largest absolute Gasteiger partial charge is 0.497 e. The molecule has 0 spiro atoms. The monoisotopic (exact) mass is 577 g/mol. The van der Waals surface area contributed by atoms with Crippen LogP contribution in [-0.4, -0.2) is 11.6 Å². The van der Waals surface area contributed by atoms with Crippen molar-refractivity contribution in [3.8, 4) is 11.1 Å². The van der Waals surface area contributed by atoms with Gasteiger partial charge in [0.1, 0.15) is 18.7 Å². The second kappa shape index (κ2) is 12.2. The summed E-state index contributed by atoms with van der Waals surface area (Å²) in [5.41, 5.74) is 7.17. The number of hydrogen-bond donors (Lipinski definition) is 0. The third-order valence-electron chi connectivity index (χ3n) is 8.46. The Balaban J connectivity index is 1.63. The van der Waals surface area contributed by atoms with Gasteiger partial charge in [-0.2, -0.15) is 0 Å². The summed E-state index contributed by atoms with van der Waals surface area (Å²) in [6.07, 6.45) is 18.8. The van der Waals surface area contributed by atoms with Crippen LogP contribution in [-0.2, 0) is 21.9 Å². The molecule has 214 valence electrons. The van der Waals surface area contributed by atoms with Crippen LogP contribution in [0.5, 0.6) is 0 Å². The van der Waals surface area contributed by atoms with E-state index in [-0.39, 0.29) is 5.82 Å². The number of nitrogens with zero attached hydrogens (tertiary/aromatic N) is 1. The van der Waals surface area contributed by atoms with E-state index in [1.807, 2.05) is 79.8 Å². The average Bonchev–Trinajstić information content (AvgIpc) is 3.88. The molecule has 0 amide bonds. The first-order valence-corrected chi connectivity index (χ1v) is 16.8. The maximum absolute atomic E-state index is 15.5. The topological polar surface area (TPSA) is 39.2 Å². The van der Waals surface area contributed by atoms with E-state index < -0.39 is 7.14 Å². The van der Waals surface area contributed by atoms with Crippen molar-refractivity contribution >= 4 is 18.0 Å². The van der Waals surface area contributed by atoms with Crippen LogP contribution in [0, 0.1) is 5.82 Å². The maximum Gasteiger partial charge on any atom is 0.143 e. The lowest BCUT2D eigenvalue weighted by molar-refractivity contribution is 0.215. The van der Waals surface area contributed by atoms with Crippen LogP contribution in [0.2, 0.25) is 0 Å². The number of aromatic nitrogens is 1. The number of rotatable bonds is 8. The Hall–Kier alpha value is -3.75. The highest BCUT2D eigenvalue weighted by molar-refractivity contribution is 7.74. The summed E-state index contributed by atoms with van der Waals surface area (Å²) in [6, 6.07) is 16.7. The Kier molecular flexibility index (Phi) is 8.27. The molecule has 2 aromatic carbocycles. The first-order chi connectivity index (χ1) is 20.5. The van der Waals surface area contributed by atoms with Gasteiger partial charge in [-0.3, -0.25) is 4.98 Å². The van der Waals surface area contributed by atoms with E-state index in [1.54, 1.807) is 0 Å². The van der Waals surface area contributed by atoms with Crippen molar-refractivity contribution in [3.05, 3.63) is 137 Å². The molecule has 0 bridgehead atoms. The predicted octanol–water partition coefficient (Wildman–Crippen LogP) is 9.62. The molecule has 5 heteroatoms. The number of halogens is 1. The molecule has 6 rings (SSSR count). The summed E-state index contributed by atoms with van der Waals surface area (Å²) in [5.74, 6) is 0.997. The molecule has 0 saturated heterocycles. The molecule has 1 atom stereocenters. The molecule has 3 nitrogen and oxygen atoms in total. The highest BCUT2D eigenvalue weighted by Gasteiger charge is 2.37. The van der Waals surface area contributed by atoms with Crippen LogP contribution in [0.3, 0.4) is 0 Å². The number of pyridine rings is 1. The summed E-state index contributed by atoms with van der Waals surface area (Å²) in [5, 5.41) is 1.79. The molecule has 3 aliphatic rings. The van der Waals surface area contributed by atoms with Crippen LogP contribution in [0.15, 0.2) is 108 Å². The summed E-state index contributed by atoms with van der Waals surface area (Å²) in [7, 11) is -3.09. The maximum atomic E-state index is 15.5. The van der Waals surface area contributed by atoms with Gasteiger partial charge >= 0.3 is 0 Å². The third kappa shape index (κ3) is 5.65. The highest BCUT2D eigenvalue weighted by Crippen LogP contribution is 2.60. The minimum Gasteiger partial charge on any atom is -0.497 e. The van der Waals surface area contributed by atoms with E-state index in [4.69, 9.17) is 9.72 Å². The van der Waals surface area contributed by atoms with Gasteiger partial charge in [0, 0.05) is 41.5 Å². The SMILES string of the molecule is C/C=C\CC1=C(C)c2nc(C3CC3)c(CP(=O)(C3=CC=CC=CC3)c3ccccc3)c(-c3ccc(F)cc3)c2CCO1. The Bertz CT molecular complexity index is 1670. The van der Waals surface area contributed by atoms with Gasteiger partial charge in [0.25, 0.3) is 0 Å². The minimum atomic E-state index is -3.09. The Labute approximate surface area is 248 Å². The van der Waals surface area contributed by atoms with Gasteiger partial charge < -0.3 is 9.30 Å². The highest BCUT2D eigenvalue weighted by atomic mass is 31.2. The minimum absolute atomic E-state index is 0.270. The predicted molar refractivity (Wildman–Crippen MR) is 172 cm³/mol. The lowest BCUT2D eigenvalue weighted by atomic mass is 9.88. The van der Waals surface area contributed by atoms with Gasteiger partial charge in [0.2, 0.25) is 0 Å². The fourth-order valence-electron chi connectivity index (χ4n) is 6.09. The summed E-state index contributed by atoms with van der Waals surface area (Å²) < 4.78 is 36.0. The Morgan fingerprint density at radius 1 is 1.05 bits per heavy atom. The normalized spacial score (nSPS) is 18.2. The van der Waals surface area contributed by atoms with E-state index in [9.17, 15) is 4.39 Å². The van der Waals surface area contributed by atoms with Gasteiger partial charge in [-0.1, -0.05) is 85.0 Å². The van der Waals surface area contributed by atoms with Gasteiger partial charge in [-0.25, -0.2) is 4.39 Å². The van der Waals surface area contributed by atoms with Crippen molar-refractivity contribution in [1.82, 2.24) is 4.98 Å². The van der Waals surface area contributed by atoms with Gasteiger partial charge in [0.15, 0.2) is 0 Å². The fraction of sp³-hybridized carbons (Fsp3) is 0.270. The number of allylic oxidation sites excluding steroid dienone is 9. The van der Waals surface area contributed by atoms with Crippen molar-refractivity contribution in [2.45, 2.75) is 58.0 Å². The smallest absolute Gasteiger partial charge is 0.143 e. The van der Waals surface area contributed by atoms with Gasteiger partial charge in [-0.15, -0.1) is 0 Å². The van der Waals surface area contributed by atoms with E-state index in [2.05, 4.69) is 19.1 Å². The molecular weight excluding hydrogens is 540 g/mol. The van der Waals surface area contributed by atoms with Gasteiger partial charge in [-0.05, 0) is 72.8 Å². The van der Waals surface area contributed by atoms with Crippen molar-refractivity contribution in [3.63, 3.8) is 0 Å². The second-order valence-electron chi connectivity index (χ2n) is 11.3. The molecule has 42 heavy (non-hydrogen) atoms. The fourth-order valence-corrected chi connectivity index (χ4v) is 8.96. The van der Waals surface area contributed by atoms with Crippen molar-refractivity contribution in [1.29, 1.82) is 0 Å². The van der Waals surface area contributed by atoms with Crippen LogP contribution in [0.4, 0.5) is 4.39 Å². The molecule has 1 fully saturated rings. The molecule has 1 saturated carbocycles. The molecule has 0 radical (unpaired) electrons. The molecule has 2 heterocycles.